The molecule has 2 saturated heterocycles. The van der Waals surface area contributed by atoms with Gasteiger partial charge in [0.2, 0.25) is 23.6 Å². The van der Waals surface area contributed by atoms with Gasteiger partial charge in [-0.1, -0.05) is 24.4 Å². The SMILES string of the molecule is O=C(CN1C(=O)CCC1=O)N1CCN(C(=O)C2(S(=O)(=O)c3ccc(Cl)cc3)CCCC2)CC1. The van der Waals surface area contributed by atoms with Crippen LogP contribution in [0, 0.1) is 0 Å². The van der Waals surface area contributed by atoms with Crippen molar-refractivity contribution in [3.8, 4) is 0 Å². The number of carbonyl (C=O) groups is 4. The van der Waals surface area contributed by atoms with Crippen LogP contribution < -0.4 is 0 Å². The largest absolute Gasteiger partial charge is 0.338 e. The summed E-state index contributed by atoms with van der Waals surface area (Å²) in [6.07, 6.45) is 2.06. The highest BCUT2D eigenvalue weighted by Gasteiger charge is 2.54. The average Bonchev–Trinajstić information content (AvgIpc) is 3.43. The molecule has 2 aliphatic heterocycles. The molecule has 0 N–H and O–H groups in total. The van der Waals surface area contributed by atoms with Crippen LogP contribution in [0.4, 0.5) is 0 Å². The van der Waals surface area contributed by atoms with Crippen molar-refractivity contribution in [2.24, 2.45) is 0 Å². The molecule has 0 unspecified atom stereocenters. The first-order valence-electron chi connectivity index (χ1n) is 11.1. The van der Waals surface area contributed by atoms with Crippen LogP contribution in [0.5, 0.6) is 0 Å². The monoisotopic (exact) mass is 495 g/mol. The molecule has 3 fully saturated rings. The number of piperazine rings is 1. The molecule has 4 rings (SSSR count). The van der Waals surface area contributed by atoms with Gasteiger partial charge in [0.1, 0.15) is 6.54 Å². The summed E-state index contributed by atoms with van der Waals surface area (Å²) in [7, 11) is -3.94. The Morgan fingerprint density at radius 2 is 1.39 bits per heavy atom. The lowest BCUT2D eigenvalue weighted by Gasteiger charge is -2.39. The van der Waals surface area contributed by atoms with Crippen molar-refractivity contribution in [3.05, 3.63) is 29.3 Å². The van der Waals surface area contributed by atoms with E-state index in [4.69, 9.17) is 11.6 Å². The Labute approximate surface area is 197 Å². The number of rotatable bonds is 5. The van der Waals surface area contributed by atoms with Crippen LogP contribution in [0.3, 0.4) is 0 Å². The molecule has 1 saturated carbocycles. The third-order valence-electron chi connectivity index (χ3n) is 6.81. The van der Waals surface area contributed by atoms with E-state index < -0.39 is 20.5 Å². The van der Waals surface area contributed by atoms with Crippen LogP contribution in [-0.4, -0.2) is 84.2 Å². The predicted octanol–water partition coefficient (Wildman–Crippen LogP) is 1.25. The number of hydrogen-bond acceptors (Lipinski definition) is 6. The maximum Gasteiger partial charge on any atom is 0.244 e. The van der Waals surface area contributed by atoms with Gasteiger partial charge in [0.05, 0.1) is 4.90 Å². The zero-order valence-corrected chi connectivity index (χ0v) is 19.7. The summed E-state index contributed by atoms with van der Waals surface area (Å²) in [5.74, 6) is -1.47. The number of likely N-dealkylation sites (tertiary alicyclic amines) is 1. The summed E-state index contributed by atoms with van der Waals surface area (Å²) < 4.78 is 25.6. The van der Waals surface area contributed by atoms with Crippen LogP contribution in [0.2, 0.25) is 5.02 Å². The lowest BCUT2D eigenvalue weighted by molar-refractivity contribution is -0.147. The van der Waals surface area contributed by atoms with E-state index in [2.05, 4.69) is 0 Å². The van der Waals surface area contributed by atoms with E-state index in [0.29, 0.717) is 17.9 Å². The van der Waals surface area contributed by atoms with Gasteiger partial charge >= 0.3 is 0 Å². The molecule has 0 atom stereocenters. The van der Waals surface area contributed by atoms with Crippen molar-refractivity contribution in [2.45, 2.75) is 48.2 Å². The van der Waals surface area contributed by atoms with Crippen LogP contribution in [0.1, 0.15) is 38.5 Å². The van der Waals surface area contributed by atoms with Gasteiger partial charge in [0.25, 0.3) is 0 Å². The van der Waals surface area contributed by atoms with E-state index in [1.54, 1.807) is 0 Å². The Morgan fingerprint density at radius 1 is 0.879 bits per heavy atom. The smallest absolute Gasteiger partial charge is 0.244 e. The number of halogens is 1. The molecule has 11 heteroatoms. The minimum absolute atomic E-state index is 0.0795. The highest BCUT2D eigenvalue weighted by molar-refractivity contribution is 7.93. The molecule has 3 aliphatic rings. The molecule has 0 spiro atoms. The topological polar surface area (TPSA) is 112 Å². The first kappa shape index (κ1) is 23.7. The lowest BCUT2D eigenvalue weighted by Crippen LogP contribution is -2.59. The molecule has 9 nitrogen and oxygen atoms in total. The zero-order chi connectivity index (χ0) is 23.8. The number of sulfone groups is 1. The molecular weight excluding hydrogens is 470 g/mol. The lowest BCUT2D eigenvalue weighted by atomic mass is 10.0. The number of hydrogen-bond donors (Lipinski definition) is 0. The van der Waals surface area contributed by atoms with E-state index >= 15 is 0 Å². The summed E-state index contributed by atoms with van der Waals surface area (Å²) in [6.45, 7) is 0.547. The van der Waals surface area contributed by atoms with Gasteiger partial charge in [0, 0.05) is 44.0 Å². The summed E-state index contributed by atoms with van der Waals surface area (Å²) in [5.41, 5.74) is 0. The fraction of sp³-hybridized carbons (Fsp3) is 0.545. The van der Waals surface area contributed by atoms with Gasteiger partial charge in [0.15, 0.2) is 14.6 Å². The van der Waals surface area contributed by atoms with E-state index in [-0.39, 0.29) is 81.0 Å². The summed E-state index contributed by atoms with van der Waals surface area (Å²) in [6, 6.07) is 5.87. The number of nitrogens with zero attached hydrogens (tertiary/aromatic N) is 3. The number of benzene rings is 1. The Hall–Kier alpha value is -2.46. The van der Waals surface area contributed by atoms with Gasteiger partial charge in [-0.3, -0.25) is 24.1 Å². The van der Waals surface area contributed by atoms with Crippen LogP contribution >= 0.6 is 11.6 Å². The second-order valence-corrected chi connectivity index (χ2v) is 11.4. The van der Waals surface area contributed by atoms with Gasteiger partial charge < -0.3 is 9.80 Å². The van der Waals surface area contributed by atoms with Crippen LogP contribution in [0.25, 0.3) is 0 Å². The van der Waals surface area contributed by atoms with Crippen molar-refractivity contribution in [2.75, 3.05) is 32.7 Å². The van der Waals surface area contributed by atoms with Gasteiger partial charge in [-0.25, -0.2) is 8.42 Å². The molecule has 0 bridgehead atoms. The molecule has 4 amide bonds. The van der Waals surface area contributed by atoms with Gasteiger partial charge in [-0.2, -0.15) is 0 Å². The Kier molecular flexibility index (Phi) is 6.50. The maximum absolute atomic E-state index is 13.6. The molecule has 1 aliphatic carbocycles. The Morgan fingerprint density at radius 3 is 1.94 bits per heavy atom. The molecule has 0 radical (unpaired) electrons. The maximum atomic E-state index is 13.6. The number of carbonyl (C=O) groups excluding carboxylic acids is 4. The van der Waals surface area contributed by atoms with Crippen molar-refractivity contribution in [1.82, 2.24) is 14.7 Å². The molecular formula is C22H26ClN3O6S. The molecule has 0 aromatic heterocycles. The molecule has 178 valence electrons. The normalized spacial score (nSPS) is 21.1. The van der Waals surface area contributed by atoms with Gasteiger partial charge in [-0.05, 0) is 37.1 Å². The van der Waals surface area contributed by atoms with Crippen molar-refractivity contribution >= 4 is 45.1 Å². The van der Waals surface area contributed by atoms with Gasteiger partial charge in [-0.15, -0.1) is 0 Å². The highest BCUT2D eigenvalue weighted by atomic mass is 35.5. The minimum Gasteiger partial charge on any atom is -0.338 e. The van der Waals surface area contributed by atoms with E-state index in [9.17, 15) is 27.6 Å². The Balaban J connectivity index is 1.45. The molecule has 2 heterocycles. The third-order valence-corrected chi connectivity index (χ3v) is 9.56. The minimum atomic E-state index is -3.94. The van der Waals surface area contributed by atoms with Crippen LogP contribution in [0.15, 0.2) is 29.2 Å². The summed E-state index contributed by atoms with van der Waals surface area (Å²) in [4.78, 5) is 53.8. The first-order chi connectivity index (χ1) is 15.7. The van der Waals surface area contributed by atoms with E-state index in [1.807, 2.05) is 0 Å². The second kappa shape index (κ2) is 9.06. The van der Waals surface area contributed by atoms with Crippen LogP contribution in [-0.2, 0) is 29.0 Å². The fourth-order valence-corrected chi connectivity index (χ4v) is 7.12. The van der Waals surface area contributed by atoms with Crippen molar-refractivity contribution < 1.29 is 27.6 Å². The standard InChI is InChI=1S/C22H26ClN3O6S/c23-16-3-5-17(6-4-16)33(31,32)22(9-1-2-10-22)21(30)25-13-11-24(12-14-25)20(29)15-26-18(27)7-8-19(26)28/h3-6H,1-2,7-15H2. The summed E-state index contributed by atoms with van der Waals surface area (Å²) in [5, 5.41) is 0.416. The highest BCUT2D eigenvalue weighted by Crippen LogP contribution is 2.42. The average molecular weight is 496 g/mol. The number of amides is 4. The zero-order valence-electron chi connectivity index (χ0n) is 18.2. The van der Waals surface area contributed by atoms with E-state index in [1.165, 1.54) is 34.1 Å². The quantitative estimate of drug-likeness (QED) is 0.568. The van der Waals surface area contributed by atoms with Crippen molar-refractivity contribution in [1.29, 1.82) is 0 Å². The molecule has 1 aromatic carbocycles. The summed E-state index contributed by atoms with van der Waals surface area (Å²) >= 11 is 5.91. The first-order valence-corrected chi connectivity index (χ1v) is 12.9. The predicted molar refractivity (Wildman–Crippen MR) is 119 cm³/mol. The number of imide groups is 1. The van der Waals surface area contributed by atoms with Crippen molar-refractivity contribution in [3.63, 3.8) is 0 Å². The fourth-order valence-electron chi connectivity index (χ4n) is 4.86. The van der Waals surface area contributed by atoms with E-state index in [0.717, 1.165) is 4.90 Å². The molecule has 1 aromatic rings. The second-order valence-electron chi connectivity index (χ2n) is 8.71. The third kappa shape index (κ3) is 4.26. The Bertz CT molecular complexity index is 1060. The molecule has 33 heavy (non-hydrogen) atoms.